The first-order chi connectivity index (χ1) is 9.13. The molecule has 96 valence electrons. The molecule has 0 amide bonds. The smallest absolute Gasteiger partial charge is 0.255 e. The molecule has 0 radical (unpaired) electrons. The number of halogens is 1. The van der Waals surface area contributed by atoms with E-state index in [2.05, 4.69) is 15.1 Å². The van der Waals surface area contributed by atoms with E-state index in [-0.39, 0.29) is 5.82 Å². The van der Waals surface area contributed by atoms with Crippen LogP contribution in [0.15, 0.2) is 30.6 Å². The van der Waals surface area contributed by atoms with E-state index < -0.39 is 0 Å². The Bertz CT molecular complexity index is 753. The summed E-state index contributed by atoms with van der Waals surface area (Å²) in [4.78, 5) is 8.21. The van der Waals surface area contributed by atoms with Crippen LogP contribution in [0.2, 0.25) is 0 Å². The second-order valence-corrected chi connectivity index (χ2v) is 4.22. The highest BCUT2D eigenvalue weighted by Gasteiger charge is 2.08. The van der Waals surface area contributed by atoms with Gasteiger partial charge >= 0.3 is 0 Å². The fourth-order valence-corrected chi connectivity index (χ4v) is 1.73. The molecule has 0 aliphatic rings. The molecule has 5 nitrogen and oxygen atoms in total. The second kappa shape index (κ2) is 4.31. The van der Waals surface area contributed by atoms with Gasteiger partial charge in [0.05, 0.1) is 0 Å². The molecule has 0 aliphatic carbocycles. The summed E-state index contributed by atoms with van der Waals surface area (Å²) in [6.45, 7) is 3.53. The van der Waals surface area contributed by atoms with Crippen LogP contribution in [0.3, 0.4) is 0 Å². The molecule has 19 heavy (non-hydrogen) atoms. The lowest BCUT2D eigenvalue weighted by atomic mass is 10.2. The van der Waals surface area contributed by atoms with Crippen molar-refractivity contribution in [3.63, 3.8) is 0 Å². The lowest BCUT2D eigenvalue weighted by Gasteiger charge is -2.08. The molecule has 3 rings (SSSR count). The van der Waals surface area contributed by atoms with E-state index >= 15 is 0 Å². The van der Waals surface area contributed by atoms with Crippen molar-refractivity contribution in [2.45, 2.75) is 13.8 Å². The SMILES string of the molecule is Cc1cc(Oc2ccc(C)c(F)c2)n2ncnc2n1. The van der Waals surface area contributed by atoms with E-state index in [0.717, 1.165) is 5.69 Å². The zero-order valence-electron chi connectivity index (χ0n) is 10.5. The van der Waals surface area contributed by atoms with Gasteiger partial charge in [0.1, 0.15) is 17.9 Å². The van der Waals surface area contributed by atoms with Gasteiger partial charge in [-0.3, -0.25) is 0 Å². The summed E-state index contributed by atoms with van der Waals surface area (Å²) >= 11 is 0. The minimum absolute atomic E-state index is 0.307. The van der Waals surface area contributed by atoms with Crippen molar-refractivity contribution < 1.29 is 9.13 Å². The Morgan fingerprint density at radius 2 is 2.05 bits per heavy atom. The van der Waals surface area contributed by atoms with Gasteiger partial charge in [0, 0.05) is 17.8 Å². The number of hydrogen-bond donors (Lipinski definition) is 0. The van der Waals surface area contributed by atoms with Gasteiger partial charge < -0.3 is 4.74 Å². The molecule has 0 bridgehead atoms. The second-order valence-electron chi connectivity index (χ2n) is 4.22. The third-order valence-electron chi connectivity index (χ3n) is 2.71. The number of fused-ring (bicyclic) bond motifs is 1. The van der Waals surface area contributed by atoms with Crippen LogP contribution >= 0.6 is 0 Å². The van der Waals surface area contributed by atoms with Crippen LogP contribution < -0.4 is 4.74 Å². The molecule has 0 spiro atoms. The molecule has 0 saturated carbocycles. The van der Waals surface area contributed by atoms with Gasteiger partial charge in [0.25, 0.3) is 5.78 Å². The van der Waals surface area contributed by atoms with Gasteiger partial charge in [-0.25, -0.2) is 9.37 Å². The van der Waals surface area contributed by atoms with Crippen molar-refractivity contribution in [3.8, 4) is 11.6 Å². The third kappa shape index (κ3) is 2.12. The highest BCUT2D eigenvalue weighted by Crippen LogP contribution is 2.23. The van der Waals surface area contributed by atoms with Crippen LogP contribution in [-0.4, -0.2) is 19.6 Å². The van der Waals surface area contributed by atoms with Crippen molar-refractivity contribution >= 4 is 5.78 Å². The Hall–Kier alpha value is -2.50. The Kier molecular flexibility index (Phi) is 2.63. The number of aryl methyl sites for hydroxylation is 2. The van der Waals surface area contributed by atoms with Crippen LogP contribution in [0, 0.1) is 19.7 Å². The molecular formula is C13H11FN4O. The molecule has 0 atom stereocenters. The lowest BCUT2D eigenvalue weighted by molar-refractivity contribution is 0.441. The Morgan fingerprint density at radius 1 is 1.21 bits per heavy atom. The van der Waals surface area contributed by atoms with E-state index in [1.54, 1.807) is 25.1 Å². The summed E-state index contributed by atoms with van der Waals surface area (Å²) in [5.41, 5.74) is 1.33. The van der Waals surface area contributed by atoms with Crippen LogP contribution in [0.1, 0.15) is 11.3 Å². The third-order valence-corrected chi connectivity index (χ3v) is 2.71. The van der Waals surface area contributed by atoms with Crippen LogP contribution in [0.5, 0.6) is 11.6 Å². The zero-order valence-corrected chi connectivity index (χ0v) is 10.5. The summed E-state index contributed by atoms with van der Waals surface area (Å²) in [6, 6.07) is 6.43. The van der Waals surface area contributed by atoms with Crippen LogP contribution in [0.4, 0.5) is 4.39 Å². The summed E-state index contributed by atoms with van der Waals surface area (Å²) in [5, 5.41) is 4.02. The average molecular weight is 258 g/mol. The molecule has 0 aliphatic heterocycles. The van der Waals surface area contributed by atoms with E-state index in [1.807, 2.05) is 6.92 Å². The van der Waals surface area contributed by atoms with E-state index in [4.69, 9.17) is 4.74 Å². The fourth-order valence-electron chi connectivity index (χ4n) is 1.73. The highest BCUT2D eigenvalue weighted by atomic mass is 19.1. The Balaban J connectivity index is 2.04. The molecular weight excluding hydrogens is 247 g/mol. The van der Waals surface area contributed by atoms with Crippen molar-refractivity contribution in [1.29, 1.82) is 0 Å². The predicted octanol–water partition coefficient (Wildman–Crippen LogP) is 2.67. The maximum atomic E-state index is 13.5. The van der Waals surface area contributed by atoms with Crippen LogP contribution in [-0.2, 0) is 0 Å². The first-order valence-corrected chi connectivity index (χ1v) is 5.75. The largest absolute Gasteiger partial charge is 0.439 e. The fraction of sp³-hybridized carbons (Fsp3) is 0.154. The minimum Gasteiger partial charge on any atom is -0.439 e. The van der Waals surface area contributed by atoms with Gasteiger partial charge in [-0.05, 0) is 25.5 Å². The van der Waals surface area contributed by atoms with E-state index in [1.165, 1.54) is 16.9 Å². The van der Waals surface area contributed by atoms with Gasteiger partial charge in [0.15, 0.2) is 0 Å². The van der Waals surface area contributed by atoms with Crippen molar-refractivity contribution in [2.75, 3.05) is 0 Å². The molecule has 3 aromatic rings. The number of hydrogen-bond acceptors (Lipinski definition) is 4. The van der Waals surface area contributed by atoms with Gasteiger partial charge in [0.2, 0.25) is 5.88 Å². The topological polar surface area (TPSA) is 52.3 Å². The molecule has 0 fully saturated rings. The quantitative estimate of drug-likeness (QED) is 0.709. The van der Waals surface area contributed by atoms with Crippen molar-refractivity contribution in [3.05, 3.63) is 47.7 Å². The maximum absolute atomic E-state index is 13.5. The van der Waals surface area contributed by atoms with Gasteiger partial charge in [-0.2, -0.15) is 14.6 Å². The molecule has 1 aromatic carbocycles. The van der Waals surface area contributed by atoms with E-state index in [9.17, 15) is 4.39 Å². The monoisotopic (exact) mass is 258 g/mol. The number of benzene rings is 1. The molecule has 2 aromatic heterocycles. The normalized spacial score (nSPS) is 10.9. The number of aromatic nitrogens is 4. The van der Waals surface area contributed by atoms with Gasteiger partial charge in [-0.15, -0.1) is 0 Å². The first kappa shape index (κ1) is 11.6. The standard InChI is InChI=1S/C13H11FN4O/c1-8-3-4-10(6-11(8)14)19-12-5-9(2)17-13-15-7-16-18(12)13/h3-7H,1-2H3. The summed E-state index contributed by atoms with van der Waals surface area (Å²) in [7, 11) is 0. The molecule has 2 heterocycles. The van der Waals surface area contributed by atoms with Crippen LogP contribution in [0.25, 0.3) is 5.78 Å². The van der Waals surface area contributed by atoms with Crippen molar-refractivity contribution in [2.24, 2.45) is 0 Å². The first-order valence-electron chi connectivity index (χ1n) is 5.75. The Labute approximate surface area is 108 Å². The number of rotatable bonds is 2. The summed E-state index contributed by atoms with van der Waals surface area (Å²) < 4.78 is 20.6. The summed E-state index contributed by atoms with van der Waals surface area (Å²) in [5.74, 6) is 0.995. The Morgan fingerprint density at radius 3 is 2.84 bits per heavy atom. The maximum Gasteiger partial charge on any atom is 0.255 e. The molecule has 6 heteroatoms. The number of ether oxygens (including phenoxy) is 1. The summed E-state index contributed by atoms with van der Waals surface area (Å²) in [6.07, 6.45) is 1.39. The molecule has 0 N–H and O–H groups in total. The zero-order chi connectivity index (χ0) is 13.4. The lowest BCUT2D eigenvalue weighted by Crippen LogP contribution is -1.99. The van der Waals surface area contributed by atoms with Crippen molar-refractivity contribution in [1.82, 2.24) is 19.6 Å². The minimum atomic E-state index is -0.307. The average Bonchev–Trinajstić information content (AvgIpc) is 2.82. The number of nitrogens with zero attached hydrogens (tertiary/aromatic N) is 4. The van der Waals surface area contributed by atoms with Gasteiger partial charge in [-0.1, -0.05) is 6.07 Å². The van der Waals surface area contributed by atoms with E-state index in [0.29, 0.717) is 23.0 Å². The molecule has 0 unspecified atom stereocenters. The molecule has 0 saturated heterocycles. The predicted molar refractivity (Wildman–Crippen MR) is 66.7 cm³/mol. The highest BCUT2D eigenvalue weighted by molar-refractivity contribution is 5.36.